The number of rotatable bonds is 11. The summed E-state index contributed by atoms with van der Waals surface area (Å²) in [5.41, 5.74) is 11.9. The molecule has 0 N–H and O–H groups in total. The number of hydrogen-bond acceptors (Lipinski definition) is 2. The van der Waals surface area contributed by atoms with Crippen molar-refractivity contribution >= 4 is 16.7 Å². The first-order valence-corrected chi connectivity index (χ1v) is 18.2. The first kappa shape index (κ1) is 44.2. The van der Waals surface area contributed by atoms with Gasteiger partial charge in [0.05, 0.1) is 17.3 Å². The van der Waals surface area contributed by atoms with Crippen LogP contribution >= 0.6 is 0 Å². The van der Waals surface area contributed by atoms with E-state index in [4.69, 9.17) is 14.7 Å². The summed E-state index contributed by atoms with van der Waals surface area (Å²) in [6, 6.07) is 20.7. The van der Waals surface area contributed by atoms with Gasteiger partial charge in [0.25, 0.3) is 0 Å². The number of para-hydroxylation sites is 1. The molecule has 2 aromatic heterocycles. The van der Waals surface area contributed by atoms with Gasteiger partial charge in [-0.05, 0) is 69.9 Å². The van der Waals surface area contributed by atoms with Gasteiger partial charge in [0.1, 0.15) is 0 Å². The van der Waals surface area contributed by atoms with Crippen molar-refractivity contribution < 1.29 is 30.3 Å². The SMILES string of the molecule is CCc1oc2ccc[c-]c2c1-c1cn(C)c(C([N-]c2c(C(C)C)cccc2C(C)C)c2c(C(C)C)cc(C(C)C)cc2C(C)C)n1.C[N-]C.[CH3-].[Hf]. The van der Waals surface area contributed by atoms with Gasteiger partial charge in [0, 0.05) is 44.7 Å². The summed E-state index contributed by atoms with van der Waals surface area (Å²) in [5.74, 6) is 3.65. The summed E-state index contributed by atoms with van der Waals surface area (Å²) in [6.45, 7) is 25.1. The zero-order chi connectivity index (χ0) is 36.2. The molecule has 0 saturated carbocycles. The van der Waals surface area contributed by atoms with Gasteiger partial charge in [-0.1, -0.05) is 123 Å². The van der Waals surface area contributed by atoms with E-state index >= 15 is 0 Å². The molecule has 2 heterocycles. The molecule has 51 heavy (non-hydrogen) atoms. The molecule has 0 radical (unpaired) electrons. The Morgan fingerprint density at radius 1 is 0.784 bits per heavy atom. The van der Waals surface area contributed by atoms with E-state index in [0.717, 1.165) is 45.9 Å². The molecule has 0 aliphatic heterocycles. The Labute approximate surface area is 329 Å². The third kappa shape index (κ3) is 9.53. The summed E-state index contributed by atoms with van der Waals surface area (Å²) in [4.78, 5) is 5.48. The number of aromatic nitrogens is 2. The predicted octanol–water partition coefficient (Wildman–Crippen LogP) is 13.7. The maximum absolute atomic E-state index is 6.31. The van der Waals surface area contributed by atoms with Crippen LogP contribution in [-0.2, 0) is 39.3 Å². The summed E-state index contributed by atoms with van der Waals surface area (Å²) >= 11 is 0. The van der Waals surface area contributed by atoms with Crippen molar-refractivity contribution in [3.63, 3.8) is 0 Å². The van der Waals surface area contributed by atoms with Crippen LogP contribution in [0.4, 0.5) is 5.69 Å². The normalized spacial score (nSPS) is 12.0. The Kier molecular flexibility index (Phi) is 16.7. The van der Waals surface area contributed by atoms with Crippen LogP contribution in [0.15, 0.2) is 59.1 Å². The molecular formula is C45H62HfN4O-4. The fourth-order valence-electron chi connectivity index (χ4n) is 6.77. The van der Waals surface area contributed by atoms with Crippen LogP contribution in [0.5, 0.6) is 0 Å². The number of fused-ring (bicyclic) bond motifs is 1. The molecule has 1 unspecified atom stereocenters. The summed E-state index contributed by atoms with van der Waals surface area (Å²) < 4.78 is 8.51. The van der Waals surface area contributed by atoms with Crippen molar-refractivity contribution in [1.29, 1.82) is 0 Å². The van der Waals surface area contributed by atoms with Crippen LogP contribution in [0.2, 0.25) is 0 Å². The van der Waals surface area contributed by atoms with Crippen LogP contribution in [0, 0.1) is 13.5 Å². The van der Waals surface area contributed by atoms with E-state index in [2.05, 4.69) is 136 Å². The zero-order valence-corrected chi connectivity index (χ0v) is 37.7. The van der Waals surface area contributed by atoms with Crippen molar-refractivity contribution in [2.24, 2.45) is 7.05 Å². The van der Waals surface area contributed by atoms with Gasteiger partial charge in [0.15, 0.2) is 0 Å². The minimum atomic E-state index is -0.292. The standard InChI is InChI=1S/C42H53N3O.C2H6N.CH3.Hf/c1-13-36-39(32-17-14-15-20-37(32)46-36)35-23-45(12)42(43-35)41(44-40-30(25(4)5)18-16-19-31(40)26(6)7)38-33(27(8)9)21-29(24(2)3)22-34(38)28(10)11;1-3-2;;/h14-16,18-28,41H,13H2,1-12H3;1-2H3;1H3;/q-2;2*-1;. The molecule has 0 aliphatic carbocycles. The molecule has 5 rings (SSSR count). The summed E-state index contributed by atoms with van der Waals surface area (Å²) in [6.07, 6.45) is 2.94. The van der Waals surface area contributed by atoms with Crippen molar-refractivity contribution in [3.8, 4) is 11.3 Å². The fourth-order valence-corrected chi connectivity index (χ4v) is 6.77. The van der Waals surface area contributed by atoms with E-state index in [1.807, 2.05) is 18.2 Å². The Bertz CT molecular complexity index is 1790. The number of benzene rings is 3. The van der Waals surface area contributed by atoms with Gasteiger partial charge >= 0.3 is 0 Å². The zero-order valence-electron chi connectivity index (χ0n) is 34.1. The van der Waals surface area contributed by atoms with Gasteiger partial charge < -0.3 is 27.0 Å². The quantitative estimate of drug-likeness (QED) is 0.0982. The second-order valence-electron chi connectivity index (χ2n) is 14.9. The van der Waals surface area contributed by atoms with E-state index in [0.29, 0.717) is 29.6 Å². The fraction of sp³-hybridized carbons (Fsp3) is 0.467. The Balaban J connectivity index is 0.00000174. The van der Waals surface area contributed by atoms with Gasteiger partial charge in [-0.15, -0.1) is 30.0 Å². The second kappa shape index (κ2) is 19.2. The molecule has 0 bridgehead atoms. The van der Waals surface area contributed by atoms with Gasteiger partial charge in [-0.2, -0.15) is 14.1 Å². The summed E-state index contributed by atoms with van der Waals surface area (Å²) in [7, 11) is 5.62. The summed E-state index contributed by atoms with van der Waals surface area (Å²) in [5, 5.41) is 10.3. The van der Waals surface area contributed by atoms with Crippen molar-refractivity contribution in [1.82, 2.24) is 9.55 Å². The van der Waals surface area contributed by atoms with Gasteiger partial charge in [0.2, 0.25) is 0 Å². The molecule has 6 heteroatoms. The van der Waals surface area contributed by atoms with Crippen molar-refractivity contribution in [2.75, 3.05) is 14.1 Å². The number of imidazole rings is 1. The predicted molar refractivity (Wildman–Crippen MR) is 216 cm³/mol. The third-order valence-electron chi connectivity index (χ3n) is 9.37. The molecule has 3 aromatic carbocycles. The van der Waals surface area contributed by atoms with Gasteiger partial charge in [-0.25, -0.2) is 4.98 Å². The van der Waals surface area contributed by atoms with Crippen LogP contribution in [0.25, 0.3) is 32.9 Å². The molecule has 0 spiro atoms. The average molecular weight is 854 g/mol. The first-order valence-electron chi connectivity index (χ1n) is 18.2. The number of nitrogens with zero attached hydrogens (tertiary/aromatic N) is 4. The molecule has 5 aromatic rings. The van der Waals surface area contributed by atoms with E-state index in [1.54, 1.807) is 14.1 Å². The maximum atomic E-state index is 6.31. The van der Waals surface area contributed by atoms with Gasteiger partial charge in [-0.3, -0.25) is 0 Å². The molecular weight excluding hydrogens is 791 g/mol. The minimum absolute atomic E-state index is 0. The van der Waals surface area contributed by atoms with E-state index < -0.39 is 0 Å². The number of hydrogen-bond donors (Lipinski definition) is 0. The number of aryl methyl sites for hydroxylation is 2. The Hall–Kier alpha value is -2.96. The molecule has 5 nitrogen and oxygen atoms in total. The topological polar surface area (TPSA) is 59.2 Å². The average Bonchev–Trinajstić information content (AvgIpc) is 3.62. The third-order valence-corrected chi connectivity index (χ3v) is 9.37. The Morgan fingerprint density at radius 3 is 1.78 bits per heavy atom. The first-order chi connectivity index (χ1) is 23.2. The van der Waals surface area contributed by atoms with E-state index in [-0.39, 0.29) is 39.3 Å². The molecule has 1 atom stereocenters. The molecule has 0 fully saturated rings. The van der Waals surface area contributed by atoms with Crippen LogP contribution in [-0.4, -0.2) is 23.6 Å². The van der Waals surface area contributed by atoms with Crippen LogP contribution in [0.3, 0.4) is 0 Å². The Morgan fingerprint density at radius 2 is 1.31 bits per heavy atom. The maximum Gasteiger partial charge on any atom is 0.0974 e. The molecule has 276 valence electrons. The molecule has 0 saturated heterocycles. The second-order valence-corrected chi connectivity index (χ2v) is 14.9. The smallest absolute Gasteiger partial charge is 0.0974 e. The molecule has 0 amide bonds. The monoisotopic (exact) mass is 854 g/mol. The number of furan rings is 1. The van der Waals surface area contributed by atoms with Crippen molar-refractivity contribution in [3.05, 3.63) is 124 Å². The van der Waals surface area contributed by atoms with E-state index in [9.17, 15) is 0 Å². The largest absolute Gasteiger partial charge is 0.671 e. The molecule has 0 aliphatic rings. The van der Waals surface area contributed by atoms with Crippen LogP contribution in [0.1, 0.15) is 157 Å². The van der Waals surface area contributed by atoms with E-state index in [1.165, 1.54) is 33.4 Å². The minimum Gasteiger partial charge on any atom is -0.671 e. The van der Waals surface area contributed by atoms with Crippen molar-refractivity contribution in [2.45, 2.75) is 118 Å². The van der Waals surface area contributed by atoms with Crippen LogP contribution < -0.4 is 0 Å².